The quantitative estimate of drug-likeness (QED) is 0.684. The van der Waals surface area contributed by atoms with Gasteiger partial charge < -0.3 is 28.7 Å². The van der Waals surface area contributed by atoms with Crippen LogP contribution in [0.15, 0.2) is 36.4 Å². The van der Waals surface area contributed by atoms with Crippen LogP contribution in [0.2, 0.25) is 0 Å². The fraction of sp³-hybridized carbons (Fsp3) is 0.417. The SMILES string of the molecule is COc1ccc(C(=O)N2CC(C)N(C(=O)c3ccc(OC)c(OC)c3)CC2C)cc1OC. The second-order valence-electron chi connectivity index (χ2n) is 7.75. The molecule has 0 aliphatic carbocycles. The molecule has 172 valence electrons. The summed E-state index contributed by atoms with van der Waals surface area (Å²) in [6.07, 6.45) is 0. The van der Waals surface area contributed by atoms with Crippen LogP contribution in [0.25, 0.3) is 0 Å². The van der Waals surface area contributed by atoms with E-state index in [0.717, 1.165) is 0 Å². The highest BCUT2D eigenvalue weighted by atomic mass is 16.5. The van der Waals surface area contributed by atoms with Crippen molar-refractivity contribution in [2.24, 2.45) is 0 Å². The molecule has 0 N–H and O–H groups in total. The minimum Gasteiger partial charge on any atom is -0.493 e. The predicted octanol–water partition coefficient (Wildman–Crippen LogP) is 3.10. The highest BCUT2D eigenvalue weighted by Crippen LogP contribution is 2.31. The fourth-order valence-electron chi connectivity index (χ4n) is 3.96. The van der Waals surface area contributed by atoms with Gasteiger partial charge in [0.15, 0.2) is 23.0 Å². The van der Waals surface area contributed by atoms with Gasteiger partial charge in [-0.2, -0.15) is 0 Å². The Morgan fingerprint density at radius 3 is 1.31 bits per heavy atom. The van der Waals surface area contributed by atoms with Crippen molar-refractivity contribution in [2.45, 2.75) is 25.9 Å². The molecule has 1 saturated heterocycles. The summed E-state index contributed by atoms with van der Waals surface area (Å²) < 4.78 is 21.2. The van der Waals surface area contributed by atoms with Gasteiger partial charge in [0.25, 0.3) is 11.8 Å². The molecule has 1 heterocycles. The molecule has 2 aromatic rings. The zero-order valence-electron chi connectivity index (χ0n) is 19.4. The maximum absolute atomic E-state index is 13.2. The van der Waals surface area contributed by atoms with Gasteiger partial charge in [-0.25, -0.2) is 0 Å². The third kappa shape index (κ3) is 4.44. The number of hydrogen-bond donors (Lipinski definition) is 0. The van der Waals surface area contributed by atoms with E-state index in [-0.39, 0.29) is 23.9 Å². The number of nitrogens with zero attached hydrogens (tertiary/aromatic N) is 2. The Morgan fingerprint density at radius 1 is 0.656 bits per heavy atom. The molecule has 2 atom stereocenters. The highest BCUT2D eigenvalue weighted by molar-refractivity contribution is 5.97. The molecule has 0 aromatic heterocycles. The van der Waals surface area contributed by atoms with Gasteiger partial charge in [-0.1, -0.05) is 0 Å². The molecule has 8 heteroatoms. The number of methoxy groups -OCH3 is 4. The van der Waals surface area contributed by atoms with Crippen LogP contribution >= 0.6 is 0 Å². The second-order valence-corrected chi connectivity index (χ2v) is 7.75. The van der Waals surface area contributed by atoms with Crippen LogP contribution in [-0.2, 0) is 0 Å². The first-order valence-corrected chi connectivity index (χ1v) is 10.4. The van der Waals surface area contributed by atoms with Crippen LogP contribution in [0.4, 0.5) is 0 Å². The molecule has 0 bridgehead atoms. The van der Waals surface area contributed by atoms with Crippen molar-refractivity contribution < 1.29 is 28.5 Å². The monoisotopic (exact) mass is 442 g/mol. The Balaban J connectivity index is 1.78. The van der Waals surface area contributed by atoms with Gasteiger partial charge in [0.1, 0.15) is 0 Å². The van der Waals surface area contributed by atoms with E-state index in [0.29, 0.717) is 47.2 Å². The smallest absolute Gasteiger partial charge is 0.254 e. The molecule has 32 heavy (non-hydrogen) atoms. The number of benzene rings is 2. The topological polar surface area (TPSA) is 77.5 Å². The molecule has 1 aliphatic heterocycles. The third-order valence-electron chi connectivity index (χ3n) is 5.77. The van der Waals surface area contributed by atoms with Crippen LogP contribution in [-0.4, -0.2) is 75.2 Å². The molecule has 2 aromatic carbocycles. The first kappa shape index (κ1) is 23.2. The van der Waals surface area contributed by atoms with Crippen LogP contribution in [0, 0.1) is 0 Å². The standard InChI is InChI=1S/C24H30N2O6/c1-15-13-26(24(28)18-8-10-20(30-4)22(12-18)32-6)16(2)14-25(15)23(27)17-7-9-19(29-3)21(11-17)31-5/h7-12,15-16H,13-14H2,1-6H3. The lowest BCUT2D eigenvalue weighted by Gasteiger charge is -2.44. The Hall–Kier alpha value is -3.42. The second kappa shape index (κ2) is 9.80. The largest absolute Gasteiger partial charge is 0.493 e. The van der Waals surface area contributed by atoms with E-state index in [1.54, 1.807) is 60.4 Å². The summed E-state index contributed by atoms with van der Waals surface area (Å²) in [5.74, 6) is 1.92. The minimum absolute atomic E-state index is 0.108. The lowest BCUT2D eigenvalue weighted by atomic mass is 10.0. The normalized spacial score (nSPS) is 18.2. The summed E-state index contributed by atoms with van der Waals surface area (Å²) >= 11 is 0. The lowest BCUT2D eigenvalue weighted by molar-refractivity contribution is 0.0269. The Kier molecular flexibility index (Phi) is 7.12. The van der Waals surface area contributed by atoms with Gasteiger partial charge in [-0.05, 0) is 50.2 Å². The van der Waals surface area contributed by atoms with E-state index in [2.05, 4.69) is 0 Å². The molecule has 8 nitrogen and oxygen atoms in total. The molecule has 0 radical (unpaired) electrons. The number of amides is 2. The van der Waals surface area contributed by atoms with E-state index in [9.17, 15) is 9.59 Å². The van der Waals surface area contributed by atoms with E-state index < -0.39 is 0 Å². The average molecular weight is 443 g/mol. The number of carbonyl (C=O) groups excluding carboxylic acids is 2. The maximum atomic E-state index is 13.2. The van der Waals surface area contributed by atoms with Crippen molar-refractivity contribution in [2.75, 3.05) is 41.5 Å². The number of carbonyl (C=O) groups is 2. The van der Waals surface area contributed by atoms with Crippen molar-refractivity contribution >= 4 is 11.8 Å². The fourth-order valence-corrected chi connectivity index (χ4v) is 3.96. The molecule has 3 rings (SSSR count). The highest BCUT2D eigenvalue weighted by Gasteiger charge is 2.35. The molecular weight excluding hydrogens is 412 g/mol. The maximum Gasteiger partial charge on any atom is 0.254 e. The molecule has 2 unspecified atom stereocenters. The van der Waals surface area contributed by atoms with Crippen molar-refractivity contribution in [1.29, 1.82) is 0 Å². The molecule has 1 aliphatic rings. The summed E-state index contributed by atoms with van der Waals surface area (Å²) in [6, 6.07) is 9.93. The average Bonchev–Trinajstić information content (AvgIpc) is 2.83. The van der Waals surface area contributed by atoms with Gasteiger partial charge in [-0.15, -0.1) is 0 Å². The van der Waals surface area contributed by atoms with Gasteiger partial charge >= 0.3 is 0 Å². The van der Waals surface area contributed by atoms with E-state index in [4.69, 9.17) is 18.9 Å². The summed E-state index contributed by atoms with van der Waals surface area (Å²) in [4.78, 5) is 30.0. The summed E-state index contributed by atoms with van der Waals surface area (Å²) in [5.41, 5.74) is 1.03. The van der Waals surface area contributed by atoms with Crippen LogP contribution in [0.5, 0.6) is 23.0 Å². The van der Waals surface area contributed by atoms with Crippen molar-refractivity contribution in [3.05, 3.63) is 47.5 Å². The molecule has 0 spiro atoms. The third-order valence-corrected chi connectivity index (χ3v) is 5.77. The van der Waals surface area contributed by atoms with Gasteiger partial charge in [-0.3, -0.25) is 9.59 Å². The number of piperazine rings is 1. The van der Waals surface area contributed by atoms with Crippen LogP contribution in [0.1, 0.15) is 34.6 Å². The van der Waals surface area contributed by atoms with E-state index in [1.165, 1.54) is 14.2 Å². The Labute approximate surface area is 188 Å². The van der Waals surface area contributed by atoms with Crippen molar-refractivity contribution in [3.63, 3.8) is 0 Å². The van der Waals surface area contributed by atoms with Crippen molar-refractivity contribution in [1.82, 2.24) is 9.80 Å². The van der Waals surface area contributed by atoms with Crippen LogP contribution < -0.4 is 18.9 Å². The van der Waals surface area contributed by atoms with Crippen LogP contribution in [0.3, 0.4) is 0 Å². The van der Waals surface area contributed by atoms with Crippen molar-refractivity contribution in [3.8, 4) is 23.0 Å². The molecule has 2 amide bonds. The number of hydrogen-bond acceptors (Lipinski definition) is 6. The lowest BCUT2D eigenvalue weighted by Crippen LogP contribution is -2.59. The number of ether oxygens (including phenoxy) is 4. The van der Waals surface area contributed by atoms with E-state index in [1.807, 2.05) is 13.8 Å². The van der Waals surface area contributed by atoms with Gasteiger partial charge in [0.2, 0.25) is 0 Å². The van der Waals surface area contributed by atoms with E-state index >= 15 is 0 Å². The summed E-state index contributed by atoms with van der Waals surface area (Å²) in [7, 11) is 6.18. The molecule has 0 saturated carbocycles. The first-order chi connectivity index (χ1) is 15.3. The molecular formula is C24H30N2O6. The molecule has 1 fully saturated rings. The summed E-state index contributed by atoms with van der Waals surface area (Å²) in [6.45, 7) is 4.74. The Morgan fingerprint density at radius 2 is 1.00 bits per heavy atom. The van der Waals surface area contributed by atoms with Gasteiger partial charge in [0, 0.05) is 36.3 Å². The zero-order chi connectivity index (χ0) is 23.4. The first-order valence-electron chi connectivity index (χ1n) is 10.4. The predicted molar refractivity (Wildman–Crippen MR) is 120 cm³/mol. The Bertz CT molecular complexity index is 913. The van der Waals surface area contributed by atoms with Gasteiger partial charge in [0.05, 0.1) is 28.4 Å². The minimum atomic E-state index is -0.157. The summed E-state index contributed by atoms with van der Waals surface area (Å²) in [5, 5.41) is 0. The number of rotatable bonds is 6. The zero-order valence-corrected chi connectivity index (χ0v) is 19.4.